The number of carboxylic acids is 1. The number of aromatic amines is 1. The van der Waals surface area contributed by atoms with Crippen LogP contribution in [-0.2, 0) is 43.1 Å². The smallest absolute Gasteiger partial charge is 0.408 e. The average Bonchev–Trinajstić information content (AvgIpc) is 3.59. The molecule has 0 radical (unpaired) electrons. The Hall–Kier alpha value is -5.10. The highest BCUT2D eigenvalue weighted by Crippen LogP contribution is 2.23. The zero-order valence-corrected chi connectivity index (χ0v) is 28.3. The Kier molecular flexibility index (Phi) is 13.4. The van der Waals surface area contributed by atoms with Crippen LogP contribution < -0.4 is 20.8 Å². The number of ether oxygens (including phenoxy) is 1. The van der Waals surface area contributed by atoms with E-state index in [4.69, 9.17) is 9.26 Å². The van der Waals surface area contributed by atoms with Gasteiger partial charge < -0.3 is 35.7 Å². The van der Waals surface area contributed by atoms with E-state index < -0.39 is 55.5 Å². The van der Waals surface area contributed by atoms with Gasteiger partial charge in [-0.05, 0) is 34.2 Å². The zero-order chi connectivity index (χ0) is 35.3. The molecule has 258 valence electrons. The van der Waals surface area contributed by atoms with Gasteiger partial charge in [0, 0.05) is 31.7 Å². The molecule has 0 bridgehead atoms. The van der Waals surface area contributed by atoms with E-state index in [1.165, 1.54) is 19.4 Å². The number of benzene rings is 3. The number of carboxylic acid groups (broad SMARTS) is 1. The summed E-state index contributed by atoms with van der Waals surface area (Å²) in [6.45, 7) is 4.87. The van der Waals surface area contributed by atoms with E-state index in [-0.39, 0.29) is 31.8 Å². The van der Waals surface area contributed by atoms with Crippen molar-refractivity contribution in [3.63, 3.8) is 0 Å². The van der Waals surface area contributed by atoms with Gasteiger partial charge in [-0.2, -0.15) is 4.52 Å². The van der Waals surface area contributed by atoms with Gasteiger partial charge in [-0.1, -0.05) is 86.6 Å². The Morgan fingerprint density at radius 1 is 0.898 bits per heavy atom. The van der Waals surface area contributed by atoms with Crippen molar-refractivity contribution in [2.75, 3.05) is 0 Å². The standard InChI is InChI=1S/C35H40N5O8P/c1-22(2)16-31(48-49(46)23(3)34(43)44)40-33(42)30(18-27-19-36-21-37-27)38-32(41)29(39-35(45)47-20-24-10-5-4-6-11-24)17-26-14-9-13-25-12-7-8-15-28(25)26/h4-15,19,21-22,29-31H,16-18,20H2,1-3H3,(H,36,37)(H,38,41)(H,39,45)(H,40,42)(H,43,44)/t29-,30-,31?/m0/s1. The first kappa shape index (κ1) is 36.7. The summed E-state index contributed by atoms with van der Waals surface area (Å²) in [4.78, 5) is 71.6. The highest BCUT2D eigenvalue weighted by Gasteiger charge is 2.31. The minimum atomic E-state index is -2.75. The van der Waals surface area contributed by atoms with E-state index >= 15 is 0 Å². The fourth-order valence-electron chi connectivity index (χ4n) is 4.99. The van der Waals surface area contributed by atoms with Crippen molar-refractivity contribution in [3.05, 3.63) is 102 Å². The number of rotatable bonds is 16. The Balaban J connectivity index is 1.58. The number of imidazole rings is 1. The molecule has 13 nitrogen and oxygen atoms in total. The third kappa shape index (κ3) is 11.2. The summed E-state index contributed by atoms with van der Waals surface area (Å²) in [5.74, 6) is -2.75. The molecule has 5 N–H and O–H groups in total. The molecule has 0 aliphatic rings. The number of hydrogen-bond acceptors (Lipinski definition) is 8. The molecule has 49 heavy (non-hydrogen) atoms. The van der Waals surface area contributed by atoms with E-state index in [1.807, 2.05) is 74.5 Å². The second kappa shape index (κ2) is 17.9. The van der Waals surface area contributed by atoms with Crippen molar-refractivity contribution in [1.29, 1.82) is 0 Å². The van der Waals surface area contributed by atoms with Crippen LogP contribution in [0.5, 0.6) is 0 Å². The van der Waals surface area contributed by atoms with Crippen molar-refractivity contribution in [2.24, 2.45) is 5.92 Å². The molecule has 3 aromatic carbocycles. The zero-order valence-electron chi connectivity index (χ0n) is 27.4. The fraction of sp³-hybridized carbons (Fsp3) is 0.314. The monoisotopic (exact) mass is 689 g/mol. The van der Waals surface area contributed by atoms with Crippen molar-refractivity contribution in [2.45, 2.75) is 65.0 Å². The van der Waals surface area contributed by atoms with Crippen LogP contribution in [0.3, 0.4) is 0 Å². The Bertz CT molecular complexity index is 1760. The first-order chi connectivity index (χ1) is 23.5. The van der Waals surface area contributed by atoms with Crippen LogP contribution in [-0.4, -0.2) is 62.6 Å². The first-order valence-electron chi connectivity index (χ1n) is 15.7. The third-order valence-electron chi connectivity index (χ3n) is 7.53. The summed E-state index contributed by atoms with van der Waals surface area (Å²) in [6, 6.07) is 20.0. The summed E-state index contributed by atoms with van der Waals surface area (Å²) >= 11 is 0. The lowest BCUT2D eigenvalue weighted by Gasteiger charge is -2.25. The number of carbonyl (C=O) groups excluding carboxylic acids is 3. The Morgan fingerprint density at radius 2 is 1.57 bits per heavy atom. The predicted octanol–water partition coefficient (Wildman–Crippen LogP) is 3.58. The average molecular weight is 690 g/mol. The molecule has 4 atom stereocenters. The summed E-state index contributed by atoms with van der Waals surface area (Å²) in [6.07, 6.45) is 1.27. The number of nitrogens with one attached hydrogen (secondary N) is 4. The molecule has 4 aromatic rings. The maximum atomic E-state index is 14.0. The van der Waals surface area contributed by atoms with E-state index in [2.05, 4.69) is 25.9 Å². The van der Waals surface area contributed by atoms with Crippen LogP contribution in [0.2, 0.25) is 0 Å². The number of fused-ring (bicyclic) bond motifs is 1. The van der Waals surface area contributed by atoms with Crippen LogP contribution in [0.15, 0.2) is 85.3 Å². The first-order valence-corrected chi connectivity index (χ1v) is 16.9. The normalized spacial score (nSPS) is 13.6. The molecule has 3 amide bonds. The minimum absolute atomic E-state index is 0.0155. The Morgan fingerprint density at radius 3 is 2.27 bits per heavy atom. The molecule has 1 aromatic heterocycles. The van der Waals surface area contributed by atoms with Crippen LogP contribution in [0.25, 0.3) is 10.8 Å². The molecule has 0 aliphatic carbocycles. The van der Waals surface area contributed by atoms with Gasteiger partial charge in [0.05, 0.1) is 6.33 Å². The summed E-state index contributed by atoms with van der Waals surface area (Å²) in [7, 11) is -2.75. The van der Waals surface area contributed by atoms with Crippen molar-refractivity contribution >= 4 is 47.9 Å². The number of carbonyl (C=O) groups is 4. The third-order valence-corrected chi connectivity index (χ3v) is 8.72. The lowest BCUT2D eigenvalue weighted by molar-refractivity contribution is -0.177. The molecule has 14 heteroatoms. The van der Waals surface area contributed by atoms with Gasteiger partial charge in [-0.3, -0.25) is 9.59 Å². The molecule has 0 saturated carbocycles. The summed E-state index contributed by atoms with van der Waals surface area (Å²) < 4.78 is 10.9. The fourth-order valence-corrected chi connectivity index (χ4v) is 5.68. The number of H-pyrrole nitrogens is 1. The van der Waals surface area contributed by atoms with Crippen LogP contribution in [0.4, 0.5) is 4.79 Å². The van der Waals surface area contributed by atoms with Crippen LogP contribution in [0.1, 0.15) is 44.0 Å². The summed E-state index contributed by atoms with van der Waals surface area (Å²) in [5.41, 5.74) is 2.08. The second-order valence-electron chi connectivity index (χ2n) is 11.8. The molecular formula is C35H40N5O8P. The SMILES string of the molecule is C/C(C(=O)O)=[P+](/[O-])OC(CC(C)C)NC(=O)[C@H](Cc1cnc[nH]1)NC(=O)[C@H](Cc1cccc2ccccc12)NC(=O)OCc1ccccc1. The van der Waals surface area contributed by atoms with Gasteiger partial charge in [-0.15, -0.1) is 0 Å². The largest absolute Gasteiger partial charge is 0.602 e. The topological polar surface area (TPSA) is 195 Å². The van der Waals surface area contributed by atoms with E-state index in [0.29, 0.717) is 5.69 Å². The molecule has 0 saturated heterocycles. The van der Waals surface area contributed by atoms with Gasteiger partial charge in [-0.25, -0.2) is 14.6 Å². The van der Waals surface area contributed by atoms with Crippen molar-refractivity contribution in [3.8, 4) is 0 Å². The highest BCUT2D eigenvalue weighted by molar-refractivity contribution is 7.49. The molecule has 2 unspecified atom stereocenters. The molecule has 1 heterocycles. The van der Waals surface area contributed by atoms with Gasteiger partial charge in [0.2, 0.25) is 25.1 Å². The maximum Gasteiger partial charge on any atom is 0.408 e. The van der Waals surface area contributed by atoms with Gasteiger partial charge >= 0.3 is 12.1 Å². The lowest BCUT2D eigenvalue weighted by Crippen LogP contribution is -2.56. The van der Waals surface area contributed by atoms with E-state index in [9.17, 15) is 29.2 Å². The minimum Gasteiger partial charge on any atom is -0.602 e. The number of alkyl carbamates (subject to hydrolysis) is 1. The van der Waals surface area contributed by atoms with Crippen molar-refractivity contribution in [1.82, 2.24) is 25.9 Å². The second-order valence-corrected chi connectivity index (χ2v) is 13.2. The Labute approximate surface area is 285 Å². The lowest BCUT2D eigenvalue weighted by atomic mass is 9.98. The molecule has 0 spiro atoms. The number of aromatic nitrogens is 2. The molecule has 0 aliphatic heterocycles. The summed E-state index contributed by atoms with van der Waals surface area (Å²) in [5, 5.41) is 18.8. The van der Waals surface area contributed by atoms with Crippen LogP contribution >= 0.6 is 8.00 Å². The molecule has 0 fully saturated rings. The number of nitrogens with zero attached hydrogens (tertiary/aromatic N) is 1. The van der Waals surface area contributed by atoms with Crippen molar-refractivity contribution < 1.29 is 38.4 Å². The van der Waals surface area contributed by atoms with Gasteiger partial charge in [0.15, 0.2) is 6.23 Å². The van der Waals surface area contributed by atoms with E-state index in [0.717, 1.165) is 21.9 Å². The number of aliphatic carboxylic acids is 1. The van der Waals surface area contributed by atoms with E-state index in [1.54, 1.807) is 12.1 Å². The highest BCUT2D eigenvalue weighted by atomic mass is 31.1. The van der Waals surface area contributed by atoms with Crippen LogP contribution in [0, 0.1) is 5.92 Å². The molecular weight excluding hydrogens is 649 g/mol. The van der Waals surface area contributed by atoms with Gasteiger partial charge in [0.1, 0.15) is 18.7 Å². The predicted molar refractivity (Wildman–Crippen MR) is 183 cm³/mol. The van der Waals surface area contributed by atoms with Gasteiger partial charge in [0.25, 0.3) is 0 Å². The number of hydrogen-bond donors (Lipinski definition) is 5. The quantitative estimate of drug-likeness (QED) is 0.0863. The maximum absolute atomic E-state index is 14.0. The number of amides is 3. The molecule has 4 rings (SSSR count).